The highest BCUT2D eigenvalue weighted by molar-refractivity contribution is 5.93. The van der Waals surface area contributed by atoms with Gasteiger partial charge < -0.3 is 14.7 Å². The fraction of sp³-hybridized carbons (Fsp3) is 0.0667. The molecule has 0 aliphatic rings. The Bertz CT molecular complexity index is 840. The maximum atomic E-state index is 12.0. The zero-order valence-corrected chi connectivity index (χ0v) is 11.4. The molecule has 0 aromatic carbocycles. The Morgan fingerprint density at radius 2 is 2.14 bits per heavy atom. The summed E-state index contributed by atoms with van der Waals surface area (Å²) in [5.74, 6) is 0.218. The second-order valence-corrected chi connectivity index (χ2v) is 4.45. The number of furan rings is 1. The SMILES string of the molecule is O=C(NCc1nccnc1-c1ccco1)c1cc[nH]c(=O)c1. The number of aromatic nitrogens is 3. The maximum Gasteiger partial charge on any atom is 0.251 e. The van der Waals surface area contributed by atoms with Gasteiger partial charge in [0.1, 0.15) is 5.69 Å². The van der Waals surface area contributed by atoms with E-state index >= 15 is 0 Å². The van der Waals surface area contributed by atoms with E-state index in [9.17, 15) is 9.59 Å². The first-order valence-corrected chi connectivity index (χ1v) is 6.55. The highest BCUT2D eigenvalue weighted by Crippen LogP contribution is 2.19. The van der Waals surface area contributed by atoms with Crippen LogP contribution in [0.1, 0.15) is 16.1 Å². The van der Waals surface area contributed by atoms with Gasteiger partial charge in [-0.05, 0) is 18.2 Å². The number of H-pyrrole nitrogens is 1. The minimum Gasteiger partial charge on any atom is -0.463 e. The largest absolute Gasteiger partial charge is 0.463 e. The normalized spacial score (nSPS) is 10.4. The van der Waals surface area contributed by atoms with Crippen LogP contribution in [-0.2, 0) is 6.54 Å². The molecule has 0 atom stereocenters. The summed E-state index contributed by atoms with van der Waals surface area (Å²) in [5.41, 5.74) is 1.10. The van der Waals surface area contributed by atoms with Gasteiger partial charge in [-0.2, -0.15) is 0 Å². The van der Waals surface area contributed by atoms with Gasteiger partial charge in [0.05, 0.1) is 18.5 Å². The van der Waals surface area contributed by atoms with Crippen molar-refractivity contribution >= 4 is 5.91 Å². The summed E-state index contributed by atoms with van der Waals surface area (Å²) < 4.78 is 5.31. The molecule has 1 amide bonds. The zero-order valence-electron chi connectivity index (χ0n) is 11.4. The van der Waals surface area contributed by atoms with E-state index in [0.29, 0.717) is 17.1 Å². The van der Waals surface area contributed by atoms with E-state index in [4.69, 9.17) is 4.42 Å². The topological polar surface area (TPSA) is 101 Å². The molecule has 110 valence electrons. The lowest BCUT2D eigenvalue weighted by atomic mass is 10.2. The summed E-state index contributed by atoms with van der Waals surface area (Å²) in [6.07, 6.45) is 6.07. The molecule has 2 N–H and O–H groups in total. The highest BCUT2D eigenvalue weighted by atomic mass is 16.3. The average Bonchev–Trinajstić information content (AvgIpc) is 3.07. The van der Waals surface area contributed by atoms with E-state index in [-0.39, 0.29) is 23.6 Å². The van der Waals surface area contributed by atoms with E-state index in [0.717, 1.165) is 0 Å². The summed E-state index contributed by atoms with van der Waals surface area (Å²) in [7, 11) is 0. The third-order valence-electron chi connectivity index (χ3n) is 2.98. The van der Waals surface area contributed by atoms with E-state index < -0.39 is 0 Å². The van der Waals surface area contributed by atoms with Crippen LogP contribution in [0.2, 0.25) is 0 Å². The summed E-state index contributed by atoms with van der Waals surface area (Å²) in [6, 6.07) is 6.29. The van der Waals surface area contributed by atoms with Crippen LogP contribution in [-0.4, -0.2) is 20.9 Å². The molecule has 0 unspecified atom stereocenters. The molecule has 0 bridgehead atoms. The molecular formula is C15H12N4O3. The van der Waals surface area contributed by atoms with Crippen molar-refractivity contribution in [3.05, 3.63) is 70.7 Å². The van der Waals surface area contributed by atoms with Gasteiger partial charge in [-0.3, -0.25) is 14.6 Å². The number of aromatic amines is 1. The number of nitrogens with one attached hydrogen (secondary N) is 2. The number of carbonyl (C=O) groups excluding carboxylic acids is 1. The number of rotatable bonds is 4. The van der Waals surface area contributed by atoms with Crippen molar-refractivity contribution in [3.63, 3.8) is 0 Å². The van der Waals surface area contributed by atoms with Crippen molar-refractivity contribution in [2.45, 2.75) is 6.54 Å². The molecule has 22 heavy (non-hydrogen) atoms. The van der Waals surface area contributed by atoms with Crippen LogP contribution >= 0.6 is 0 Å². The minimum atomic E-state index is -0.359. The molecule has 3 heterocycles. The maximum absolute atomic E-state index is 12.0. The summed E-state index contributed by atoms with van der Waals surface area (Å²) in [4.78, 5) is 34.1. The minimum absolute atomic E-state index is 0.176. The molecule has 0 saturated heterocycles. The van der Waals surface area contributed by atoms with Crippen molar-refractivity contribution in [1.29, 1.82) is 0 Å². The molecule has 0 saturated carbocycles. The Morgan fingerprint density at radius 3 is 2.91 bits per heavy atom. The van der Waals surface area contributed by atoms with Crippen molar-refractivity contribution < 1.29 is 9.21 Å². The monoisotopic (exact) mass is 296 g/mol. The first-order valence-electron chi connectivity index (χ1n) is 6.55. The number of carbonyl (C=O) groups is 1. The summed E-state index contributed by atoms with van der Waals surface area (Å²) >= 11 is 0. The molecule has 7 nitrogen and oxygen atoms in total. The molecule has 3 rings (SSSR count). The van der Waals surface area contributed by atoms with E-state index in [1.807, 2.05) is 0 Å². The van der Waals surface area contributed by atoms with Crippen LogP contribution in [0, 0.1) is 0 Å². The van der Waals surface area contributed by atoms with Crippen LogP contribution in [0.3, 0.4) is 0 Å². The molecule has 0 fully saturated rings. The van der Waals surface area contributed by atoms with Gasteiger partial charge in [0.25, 0.3) is 5.91 Å². The first kappa shape index (κ1) is 13.7. The number of hydrogen-bond donors (Lipinski definition) is 2. The molecule has 3 aromatic heterocycles. The Labute approximate surface area is 125 Å². The molecule has 0 spiro atoms. The molecule has 3 aromatic rings. The van der Waals surface area contributed by atoms with Crippen molar-refractivity contribution in [2.24, 2.45) is 0 Å². The van der Waals surface area contributed by atoms with Crippen LogP contribution in [0.4, 0.5) is 0 Å². The van der Waals surface area contributed by atoms with Crippen LogP contribution in [0.5, 0.6) is 0 Å². The Balaban J connectivity index is 1.77. The lowest BCUT2D eigenvalue weighted by molar-refractivity contribution is 0.0950. The van der Waals surface area contributed by atoms with Gasteiger partial charge in [-0.25, -0.2) is 4.98 Å². The van der Waals surface area contributed by atoms with Gasteiger partial charge in [0.2, 0.25) is 5.56 Å². The molecule has 0 aliphatic heterocycles. The summed E-state index contributed by atoms with van der Waals surface area (Å²) in [5, 5.41) is 2.71. The molecular weight excluding hydrogens is 284 g/mol. The van der Waals surface area contributed by atoms with Gasteiger partial charge in [-0.15, -0.1) is 0 Å². The number of nitrogens with zero attached hydrogens (tertiary/aromatic N) is 2. The Hall–Kier alpha value is -3.22. The third kappa shape index (κ3) is 2.93. The van der Waals surface area contributed by atoms with Gasteiger partial charge in [0.15, 0.2) is 5.76 Å². The van der Waals surface area contributed by atoms with Crippen LogP contribution < -0.4 is 10.9 Å². The second-order valence-electron chi connectivity index (χ2n) is 4.45. The first-order chi connectivity index (χ1) is 10.7. The third-order valence-corrected chi connectivity index (χ3v) is 2.98. The fourth-order valence-electron chi connectivity index (χ4n) is 1.97. The van der Waals surface area contributed by atoms with E-state index in [2.05, 4.69) is 20.3 Å². The molecule has 0 aliphatic carbocycles. The van der Waals surface area contributed by atoms with Crippen LogP contribution in [0.25, 0.3) is 11.5 Å². The predicted molar refractivity (Wildman–Crippen MR) is 78.0 cm³/mol. The lowest BCUT2D eigenvalue weighted by Crippen LogP contribution is -2.25. The second kappa shape index (κ2) is 6.04. The molecule has 7 heteroatoms. The smallest absolute Gasteiger partial charge is 0.251 e. The van der Waals surface area contributed by atoms with Gasteiger partial charge >= 0.3 is 0 Å². The zero-order chi connectivity index (χ0) is 15.4. The standard InChI is InChI=1S/C15H12N4O3/c20-13-8-10(3-4-17-13)15(21)19-9-11-14(18-6-5-16-11)12-2-1-7-22-12/h1-8H,9H2,(H,17,20)(H,19,21). The number of amides is 1. The Morgan fingerprint density at radius 1 is 1.27 bits per heavy atom. The summed E-state index contributed by atoms with van der Waals surface area (Å²) in [6.45, 7) is 0.176. The van der Waals surface area contributed by atoms with Crippen molar-refractivity contribution in [1.82, 2.24) is 20.3 Å². The van der Waals surface area contributed by atoms with Crippen molar-refractivity contribution in [2.75, 3.05) is 0 Å². The van der Waals surface area contributed by atoms with Crippen LogP contribution in [0.15, 0.2) is 58.3 Å². The van der Waals surface area contributed by atoms with Crippen molar-refractivity contribution in [3.8, 4) is 11.5 Å². The Kier molecular flexibility index (Phi) is 3.78. The number of hydrogen-bond acceptors (Lipinski definition) is 5. The van der Waals surface area contributed by atoms with Gasteiger partial charge in [0, 0.05) is 30.2 Å². The predicted octanol–water partition coefficient (Wildman–Crippen LogP) is 1.35. The van der Waals surface area contributed by atoms with E-state index in [1.54, 1.807) is 30.8 Å². The average molecular weight is 296 g/mol. The number of pyridine rings is 1. The van der Waals surface area contributed by atoms with E-state index in [1.165, 1.54) is 18.3 Å². The lowest BCUT2D eigenvalue weighted by Gasteiger charge is -2.07. The highest BCUT2D eigenvalue weighted by Gasteiger charge is 2.12. The fourth-order valence-corrected chi connectivity index (χ4v) is 1.97. The van der Waals surface area contributed by atoms with Gasteiger partial charge in [-0.1, -0.05) is 0 Å². The molecule has 0 radical (unpaired) electrons. The quantitative estimate of drug-likeness (QED) is 0.757.